The molecule has 0 bridgehead atoms. The van der Waals surface area contributed by atoms with Crippen molar-refractivity contribution in [3.63, 3.8) is 0 Å². The summed E-state index contributed by atoms with van der Waals surface area (Å²) in [4.78, 5) is 26.7. The van der Waals surface area contributed by atoms with Crippen molar-refractivity contribution in [2.24, 2.45) is 0 Å². The van der Waals surface area contributed by atoms with Gasteiger partial charge in [-0.2, -0.15) is 0 Å². The van der Waals surface area contributed by atoms with Gasteiger partial charge in [0.15, 0.2) is 5.82 Å². The van der Waals surface area contributed by atoms with Crippen LogP contribution in [0.4, 0.5) is 5.69 Å². The first-order chi connectivity index (χ1) is 16.5. The Morgan fingerprint density at radius 3 is 2.44 bits per heavy atom. The van der Waals surface area contributed by atoms with Crippen molar-refractivity contribution in [3.05, 3.63) is 71.0 Å². The van der Waals surface area contributed by atoms with Gasteiger partial charge in [-0.3, -0.25) is 4.79 Å². The standard InChI is InChI=1S/C27H31N5O2/c1-18-15-19(2)30-26(29-18)24-6-4-5-21-16-23(34-25(21)24)17-28-27(33)20-7-9-22(10-8-20)32-13-11-31(3)12-14-32/h4-10,15,23H,11-14,16-17H2,1-3H3,(H,28,33)/t23-/m1/s1. The van der Waals surface area contributed by atoms with Gasteiger partial charge in [0, 0.05) is 55.2 Å². The van der Waals surface area contributed by atoms with Gasteiger partial charge >= 0.3 is 0 Å². The molecule has 0 radical (unpaired) electrons. The van der Waals surface area contributed by atoms with E-state index in [2.05, 4.69) is 38.2 Å². The number of carbonyl (C=O) groups is 1. The van der Waals surface area contributed by atoms with Gasteiger partial charge in [0.2, 0.25) is 0 Å². The molecule has 3 heterocycles. The van der Waals surface area contributed by atoms with Crippen LogP contribution in [-0.4, -0.2) is 66.7 Å². The number of rotatable bonds is 5. The number of ether oxygens (including phenoxy) is 1. The Hall–Kier alpha value is -3.45. The van der Waals surface area contributed by atoms with Crippen molar-refractivity contribution in [1.29, 1.82) is 0 Å². The van der Waals surface area contributed by atoms with E-state index in [1.807, 2.05) is 56.3 Å². The molecule has 1 aromatic heterocycles. The summed E-state index contributed by atoms with van der Waals surface area (Å²) in [5, 5.41) is 3.04. The molecule has 2 aliphatic rings. The van der Waals surface area contributed by atoms with Crippen LogP contribution in [0.1, 0.15) is 27.3 Å². The van der Waals surface area contributed by atoms with Crippen LogP contribution in [0.2, 0.25) is 0 Å². The summed E-state index contributed by atoms with van der Waals surface area (Å²) in [6, 6.07) is 15.9. The maximum absolute atomic E-state index is 12.8. The predicted molar refractivity (Wildman–Crippen MR) is 134 cm³/mol. The average Bonchev–Trinajstić information content (AvgIpc) is 3.26. The van der Waals surface area contributed by atoms with E-state index in [4.69, 9.17) is 4.74 Å². The average molecular weight is 458 g/mol. The SMILES string of the molecule is Cc1cc(C)nc(-c2cccc3c2O[C@@H](CNC(=O)c2ccc(N4CCN(C)CC4)cc2)C3)n1. The molecule has 1 saturated heterocycles. The molecule has 1 N–H and O–H groups in total. The molecule has 2 aromatic carbocycles. The third-order valence-electron chi connectivity index (χ3n) is 6.54. The Labute approximate surface area is 200 Å². The van der Waals surface area contributed by atoms with E-state index in [9.17, 15) is 4.79 Å². The first kappa shape index (κ1) is 22.3. The number of amides is 1. The summed E-state index contributed by atoms with van der Waals surface area (Å²) in [6.45, 7) is 8.53. The highest BCUT2D eigenvalue weighted by Crippen LogP contribution is 2.37. The number of aryl methyl sites for hydroxylation is 2. The van der Waals surface area contributed by atoms with Crippen LogP contribution in [0.25, 0.3) is 11.4 Å². The molecule has 1 atom stereocenters. The van der Waals surface area contributed by atoms with Crippen molar-refractivity contribution in [1.82, 2.24) is 20.2 Å². The lowest BCUT2D eigenvalue weighted by atomic mass is 10.1. The molecule has 5 rings (SSSR count). The molecule has 2 aliphatic heterocycles. The summed E-state index contributed by atoms with van der Waals surface area (Å²) in [6.07, 6.45) is 0.631. The Morgan fingerprint density at radius 1 is 1.03 bits per heavy atom. The van der Waals surface area contributed by atoms with Crippen molar-refractivity contribution < 1.29 is 9.53 Å². The molecular formula is C27H31N5O2. The van der Waals surface area contributed by atoms with Crippen LogP contribution in [0.5, 0.6) is 5.75 Å². The second-order valence-corrected chi connectivity index (χ2v) is 9.26. The van der Waals surface area contributed by atoms with Crippen LogP contribution >= 0.6 is 0 Å². The predicted octanol–water partition coefficient (Wildman–Crippen LogP) is 3.25. The van der Waals surface area contributed by atoms with Crippen LogP contribution in [-0.2, 0) is 6.42 Å². The van der Waals surface area contributed by atoms with Crippen LogP contribution in [0.3, 0.4) is 0 Å². The van der Waals surface area contributed by atoms with E-state index in [1.54, 1.807) is 0 Å². The summed E-state index contributed by atoms with van der Waals surface area (Å²) in [7, 11) is 2.15. The Morgan fingerprint density at radius 2 is 1.74 bits per heavy atom. The summed E-state index contributed by atoms with van der Waals surface area (Å²) in [5.74, 6) is 1.42. The molecule has 34 heavy (non-hydrogen) atoms. The normalized spacial score (nSPS) is 17.9. The van der Waals surface area contributed by atoms with Gasteiger partial charge in [-0.1, -0.05) is 12.1 Å². The minimum Gasteiger partial charge on any atom is -0.487 e. The third kappa shape index (κ3) is 4.75. The van der Waals surface area contributed by atoms with E-state index < -0.39 is 0 Å². The number of carbonyl (C=O) groups excluding carboxylic acids is 1. The minimum atomic E-state index is -0.115. The Bertz CT molecular complexity index is 1170. The molecule has 7 nitrogen and oxygen atoms in total. The quantitative estimate of drug-likeness (QED) is 0.634. The first-order valence-electron chi connectivity index (χ1n) is 11.9. The largest absolute Gasteiger partial charge is 0.487 e. The number of piperazine rings is 1. The fourth-order valence-electron chi connectivity index (χ4n) is 4.67. The van der Waals surface area contributed by atoms with E-state index in [1.165, 1.54) is 5.69 Å². The number of benzene rings is 2. The summed E-state index contributed by atoms with van der Waals surface area (Å²) < 4.78 is 6.26. The number of anilines is 1. The van der Waals surface area contributed by atoms with Crippen LogP contribution in [0.15, 0.2) is 48.5 Å². The lowest BCUT2D eigenvalue weighted by Gasteiger charge is -2.34. The van der Waals surface area contributed by atoms with Crippen molar-refractivity contribution >= 4 is 11.6 Å². The molecule has 3 aromatic rings. The van der Waals surface area contributed by atoms with Gasteiger partial charge in [0.1, 0.15) is 11.9 Å². The molecule has 1 amide bonds. The van der Waals surface area contributed by atoms with Crippen molar-refractivity contribution in [2.45, 2.75) is 26.4 Å². The van der Waals surface area contributed by atoms with Gasteiger partial charge < -0.3 is 19.9 Å². The number of hydrogen-bond donors (Lipinski definition) is 1. The topological polar surface area (TPSA) is 70.6 Å². The second kappa shape index (κ2) is 9.43. The zero-order chi connectivity index (χ0) is 23.7. The molecule has 1 fully saturated rings. The molecule has 0 spiro atoms. The Balaban J connectivity index is 1.21. The van der Waals surface area contributed by atoms with Crippen molar-refractivity contribution in [3.8, 4) is 17.1 Å². The lowest BCUT2D eigenvalue weighted by Crippen LogP contribution is -2.44. The van der Waals surface area contributed by atoms with Gasteiger partial charge in [0.25, 0.3) is 5.91 Å². The molecular weight excluding hydrogens is 426 g/mol. The Kier molecular flexibility index (Phi) is 6.20. The maximum Gasteiger partial charge on any atom is 0.251 e. The van der Waals surface area contributed by atoms with E-state index in [-0.39, 0.29) is 12.0 Å². The molecule has 7 heteroatoms. The molecule has 0 aliphatic carbocycles. The molecule has 0 saturated carbocycles. The number of likely N-dealkylation sites (N-methyl/N-ethyl adjacent to an activating group) is 1. The van der Waals surface area contributed by atoms with Gasteiger partial charge in [-0.05, 0) is 62.9 Å². The fourth-order valence-corrected chi connectivity index (χ4v) is 4.67. The number of nitrogens with zero attached hydrogens (tertiary/aromatic N) is 4. The van der Waals surface area contributed by atoms with Gasteiger partial charge in [-0.15, -0.1) is 0 Å². The summed E-state index contributed by atoms with van der Waals surface area (Å²) >= 11 is 0. The van der Waals surface area contributed by atoms with Crippen LogP contribution in [0, 0.1) is 13.8 Å². The highest BCUT2D eigenvalue weighted by atomic mass is 16.5. The fraction of sp³-hybridized carbons (Fsp3) is 0.370. The van der Waals surface area contributed by atoms with Crippen molar-refractivity contribution in [2.75, 3.05) is 44.7 Å². The highest BCUT2D eigenvalue weighted by Gasteiger charge is 2.27. The van der Waals surface area contributed by atoms with Crippen LogP contribution < -0.4 is 15.0 Å². The highest BCUT2D eigenvalue weighted by molar-refractivity contribution is 5.94. The maximum atomic E-state index is 12.8. The lowest BCUT2D eigenvalue weighted by molar-refractivity contribution is 0.0933. The first-order valence-corrected chi connectivity index (χ1v) is 11.9. The minimum absolute atomic E-state index is 0.0812. The van der Waals surface area contributed by atoms with E-state index >= 15 is 0 Å². The second-order valence-electron chi connectivity index (χ2n) is 9.26. The van der Waals surface area contributed by atoms with E-state index in [0.29, 0.717) is 17.9 Å². The number of para-hydroxylation sites is 1. The smallest absolute Gasteiger partial charge is 0.251 e. The monoisotopic (exact) mass is 457 g/mol. The number of nitrogens with one attached hydrogen (secondary N) is 1. The summed E-state index contributed by atoms with van der Waals surface area (Å²) in [5.41, 5.74) is 5.72. The number of fused-ring (bicyclic) bond motifs is 1. The molecule has 176 valence electrons. The number of hydrogen-bond acceptors (Lipinski definition) is 6. The van der Waals surface area contributed by atoms with Gasteiger partial charge in [0.05, 0.1) is 12.1 Å². The van der Waals surface area contributed by atoms with Gasteiger partial charge in [-0.25, -0.2) is 9.97 Å². The molecule has 0 unspecified atom stereocenters. The third-order valence-corrected chi connectivity index (χ3v) is 6.54. The zero-order valence-electron chi connectivity index (χ0n) is 20.0. The van der Waals surface area contributed by atoms with E-state index in [0.717, 1.165) is 60.9 Å². The zero-order valence-corrected chi connectivity index (χ0v) is 20.0. The number of aromatic nitrogens is 2.